The summed E-state index contributed by atoms with van der Waals surface area (Å²) < 4.78 is 1.94. The van der Waals surface area contributed by atoms with Gasteiger partial charge in [0.2, 0.25) is 0 Å². The van der Waals surface area contributed by atoms with Crippen LogP contribution in [0.1, 0.15) is 26.6 Å². The number of hydrogen-bond donors (Lipinski definition) is 0. The lowest BCUT2D eigenvalue weighted by atomic mass is 10.1. The molecule has 0 radical (unpaired) electrons. The van der Waals surface area contributed by atoms with E-state index in [0.29, 0.717) is 5.69 Å². The molecule has 2 heterocycles. The van der Waals surface area contributed by atoms with Crippen LogP contribution < -0.4 is 0 Å². The molecule has 3 aromatic rings. The third-order valence-electron chi connectivity index (χ3n) is 3.31. The fourth-order valence-corrected chi connectivity index (χ4v) is 3.39. The van der Waals surface area contributed by atoms with Gasteiger partial charge in [0.05, 0.1) is 6.20 Å². The Labute approximate surface area is 115 Å². The molecule has 0 atom stereocenters. The first-order valence-electron chi connectivity index (χ1n) is 6.24. The molecule has 4 heteroatoms. The van der Waals surface area contributed by atoms with E-state index in [-0.39, 0.29) is 0 Å². The number of fused-ring (bicyclic) bond motifs is 1. The largest absolute Gasteiger partial charge is 0.296 e. The number of aromatic nitrogens is 2. The molecule has 0 saturated carbocycles. The van der Waals surface area contributed by atoms with Crippen LogP contribution in [0.15, 0.2) is 36.5 Å². The summed E-state index contributed by atoms with van der Waals surface area (Å²) >= 11 is 1.67. The summed E-state index contributed by atoms with van der Waals surface area (Å²) in [5, 5.41) is 0. The minimum atomic E-state index is 0.634. The van der Waals surface area contributed by atoms with Gasteiger partial charge in [-0.15, -0.1) is 11.3 Å². The van der Waals surface area contributed by atoms with Gasteiger partial charge >= 0.3 is 0 Å². The Morgan fingerprint density at radius 2 is 2.05 bits per heavy atom. The Balaban J connectivity index is 1.87. The van der Waals surface area contributed by atoms with Gasteiger partial charge in [0, 0.05) is 10.6 Å². The highest BCUT2D eigenvalue weighted by Crippen LogP contribution is 2.24. The van der Waals surface area contributed by atoms with E-state index in [9.17, 15) is 4.79 Å². The minimum Gasteiger partial charge on any atom is -0.296 e. The van der Waals surface area contributed by atoms with Crippen LogP contribution in [-0.4, -0.2) is 15.7 Å². The zero-order valence-corrected chi connectivity index (χ0v) is 11.5. The summed E-state index contributed by atoms with van der Waals surface area (Å²) in [6, 6.07) is 10.4. The number of thiazole rings is 1. The summed E-state index contributed by atoms with van der Waals surface area (Å²) in [5.74, 6) is 0. The van der Waals surface area contributed by atoms with Crippen LogP contribution in [0.3, 0.4) is 0 Å². The summed E-state index contributed by atoms with van der Waals surface area (Å²) in [5.41, 5.74) is 3.11. The molecule has 3 rings (SSSR count). The predicted molar refractivity (Wildman–Crippen MR) is 77.0 cm³/mol. The van der Waals surface area contributed by atoms with Crippen molar-refractivity contribution in [3.05, 3.63) is 58.4 Å². The molecule has 1 aromatic carbocycles. The van der Waals surface area contributed by atoms with Crippen molar-refractivity contribution in [2.45, 2.75) is 19.8 Å². The van der Waals surface area contributed by atoms with E-state index in [0.717, 1.165) is 29.8 Å². The molecule has 0 spiro atoms. The average molecular weight is 270 g/mol. The topological polar surface area (TPSA) is 34.4 Å². The highest BCUT2D eigenvalue weighted by atomic mass is 32.1. The van der Waals surface area contributed by atoms with E-state index in [1.165, 1.54) is 10.4 Å². The van der Waals surface area contributed by atoms with Crippen molar-refractivity contribution in [3.63, 3.8) is 0 Å². The smallest absolute Gasteiger partial charge is 0.194 e. The number of hydrogen-bond acceptors (Lipinski definition) is 3. The molecule has 0 amide bonds. The van der Waals surface area contributed by atoms with Crippen LogP contribution >= 0.6 is 11.3 Å². The van der Waals surface area contributed by atoms with Crippen LogP contribution in [0.2, 0.25) is 0 Å². The maximum Gasteiger partial charge on any atom is 0.194 e. The van der Waals surface area contributed by atoms with Gasteiger partial charge in [-0.25, -0.2) is 4.98 Å². The molecule has 0 aliphatic heterocycles. The Hall–Kier alpha value is -1.94. The average Bonchev–Trinajstić information content (AvgIpc) is 2.98. The van der Waals surface area contributed by atoms with Crippen molar-refractivity contribution in [1.29, 1.82) is 0 Å². The molecule has 0 unspecified atom stereocenters. The molecule has 0 aliphatic carbocycles. The molecule has 2 aromatic heterocycles. The van der Waals surface area contributed by atoms with Gasteiger partial charge < -0.3 is 0 Å². The van der Waals surface area contributed by atoms with E-state index < -0.39 is 0 Å². The predicted octanol–water partition coefficient (Wildman–Crippen LogP) is 3.30. The van der Waals surface area contributed by atoms with Crippen LogP contribution in [-0.2, 0) is 12.8 Å². The number of aldehydes is 1. The number of carbonyl (C=O) groups is 1. The molecule has 0 N–H and O–H groups in total. The number of imidazole rings is 1. The molecule has 0 saturated heterocycles. The first kappa shape index (κ1) is 12.1. The zero-order chi connectivity index (χ0) is 13.2. The summed E-state index contributed by atoms with van der Waals surface area (Å²) in [7, 11) is 0. The normalized spacial score (nSPS) is 11.0. The monoisotopic (exact) mass is 270 g/mol. The number of carbonyl (C=O) groups excluding carboxylic acids is 1. The van der Waals surface area contributed by atoms with Crippen molar-refractivity contribution in [3.8, 4) is 0 Å². The molecule has 19 heavy (non-hydrogen) atoms. The third kappa shape index (κ3) is 2.19. The highest BCUT2D eigenvalue weighted by Gasteiger charge is 2.12. The summed E-state index contributed by atoms with van der Waals surface area (Å²) in [6.07, 6.45) is 4.50. The van der Waals surface area contributed by atoms with Gasteiger partial charge in [-0.1, -0.05) is 30.3 Å². The molecule has 3 nitrogen and oxygen atoms in total. The van der Waals surface area contributed by atoms with E-state index >= 15 is 0 Å². The second-order valence-electron chi connectivity index (χ2n) is 4.52. The van der Waals surface area contributed by atoms with Gasteiger partial charge in [-0.2, -0.15) is 0 Å². The maximum absolute atomic E-state index is 11.0. The van der Waals surface area contributed by atoms with Crippen molar-refractivity contribution in [1.82, 2.24) is 9.38 Å². The van der Waals surface area contributed by atoms with Crippen LogP contribution in [0.4, 0.5) is 0 Å². The van der Waals surface area contributed by atoms with Crippen molar-refractivity contribution in [2.24, 2.45) is 0 Å². The SMILES string of the molecule is Cc1c(CCc2ccccc2)sc2ncc(C=O)n12. The minimum absolute atomic E-state index is 0.634. The van der Waals surface area contributed by atoms with Crippen molar-refractivity contribution in [2.75, 3.05) is 0 Å². The molecule has 0 fully saturated rings. The van der Waals surface area contributed by atoms with Gasteiger partial charge in [0.25, 0.3) is 0 Å². The first-order chi connectivity index (χ1) is 9.29. The van der Waals surface area contributed by atoms with Crippen molar-refractivity contribution < 1.29 is 4.79 Å². The summed E-state index contributed by atoms with van der Waals surface area (Å²) in [4.78, 5) is 17.4. The number of nitrogens with zero attached hydrogens (tertiary/aromatic N) is 2. The first-order valence-corrected chi connectivity index (χ1v) is 7.06. The standard InChI is InChI=1S/C15H14N2OS/c1-11-14(8-7-12-5-3-2-4-6-12)19-15-16-9-13(10-18)17(11)15/h2-6,9-10H,7-8H2,1H3. The quantitative estimate of drug-likeness (QED) is 0.682. The molecular formula is C15H14N2OS. The highest BCUT2D eigenvalue weighted by molar-refractivity contribution is 7.17. The summed E-state index contributed by atoms with van der Waals surface area (Å²) in [6.45, 7) is 2.05. The van der Waals surface area contributed by atoms with Gasteiger partial charge in [0.1, 0.15) is 5.69 Å². The number of aryl methyl sites for hydroxylation is 3. The Bertz CT molecular complexity index is 712. The fraction of sp³-hybridized carbons (Fsp3) is 0.200. The molecule has 0 aliphatic rings. The van der Waals surface area contributed by atoms with Gasteiger partial charge in [-0.3, -0.25) is 9.20 Å². The van der Waals surface area contributed by atoms with Crippen LogP contribution in [0, 0.1) is 6.92 Å². The molecular weight excluding hydrogens is 256 g/mol. The van der Waals surface area contributed by atoms with Crippen LogP contribution in [0.25, 0.3) is 4.96 Å². The van der Waals surface area contributed by atoms with Crippen LogP contribution in [0.5, 0.6) is 0 Å². The Morgan fingerprint density at radius 1 is 1.26 bits per heavy atom. The lowest BCUT2D eigenvalue weighted by Gasteiger charge is -2.01. The maximum atomic E-state index is 11.0. The Morgan fingerprint density at radius 3 is 2.79 bits per heavy atom. The van der Waals surface area contributed by atoms with Crippen molar-refractivity contribution >= 4 is 22.6 Å². The molecule has 0 bridgehead atoms. The Kier molecular flexibility index (Phi) is 3.17. The van der Waals surface area contributed by atoms with E-state index in [1.54, 1.807) is 17.5 Å². The lowest BCUT2D eigenvalue weighted by molar-refractivity contribution is 0.111. The van der Waals surface area contributed by atoms with E-state index in [2.05, 4.69) is 36.2 Å². The van der Waals surface area contributed by atoms with Gasteiger partial charge in [-0.05, 0) is 25.3 Å². The fourth-order valence-electron chi connectivity index (χ4n) is 2.28. The zero-order valence-electron chi connectivity index (χ0n) is 10.7. The second kappa shape index (κ2) is 4.97. The van der Waals surface area contributed by atoms with Gasteiger partial charge in [0.15, 0.2) is 11.2 Å². The van der Waals surface area contributed by atoms with E-state index in [4.69, 9.17) is 0 Å². The third-order valence-corrected chi connectivity index (χ3v) is 4.53. The number of rotatable bonds is 4. The lowest BCUT2D eigenvalue weighted by Crippen LogP contribution is -1.95. The second-order valence-corrected chi connectivity index (χ2v) is 5.58. The molecule has 96 valence electrons. The van der Waals surface area contributed by atoms with E-state index in [1.807, 2.05) is 10.5 Å². The number of benzene rings is 1.